The Balaban J connectivity index is 2.19. The Morgan fingerprint density at radius 2 is 1.85 bits per heavy atom. The van der Waals surface area contributed by atoms with E-state index < -0.39 is 0 Å². The summed E-state index contributed by atoms with van der Waals surface area (Å²) in [5, 5.41) is 3.39. The summed E-state index contributed by atoms with van der Waals surface area (Å²) >= 11 is 0. The molecule has 106 valence electrons. The minimum absolute atomic E-state index is 0.295. The lowest BCUT2D eigenvalue weighted by Gasteiger charge is -2.18. The Hall–Kier alpha value is -1.87. The van der Waals surface area contributed by atoms with E-state index in [9.17, 15) is 0 Å². The standard InChI is InChI=1S/C17H22N2O/c1-12-7-13(2)9-15(8-12)16(18-3)10-14-5-6-17(20-4)19-11-14/h5-9,11,16,18H,10H2,1-4H3. The van der Waals surface area contributed by atoms with E-state index in [-0.39, 0.29) is 0 Å². The topological polar surface area (TPSA) is 34.1 Å². The van der Waals surface area contributed by atoms with Crippen LogP contribution in [-0.4, -0.2) is 19.1 Å². The quantitative estimate of drug-likeness (QED) is 0.906. The number of aryl methyl sites for hydroxylation is 2. The van der Waals surface area contributed by atoms with Crippen LogP contribution < -0.4 is 10.1 Å². The average Bonchev–Trinajstić information content (AvgIpc) is 2.44. The van der Waals surface area contributed by atoms with Crippen molar-refractivity contribution in [3.8, 4) is 5.88 Å². The largest absolute Gasteiger partial charge is 0.481 e. The molecular weight excluding hydrogens is 248 g/mol. The number of methoxy groups -OCH3 is 1. The maximum Gasteiger partial charge on any atom is 0.212 e. The van der Waals surface area contributed by atoms with Crippen LogP contribution in [0.2, 0.25) is 0 Å². The van der Waals surface area contributed by atoms with E-state index in [0.29, 0.717) is 11.9 Å². The summed E-state index contributed by atoms with van der Waals surface area (Å²) in [6.45, 7) is 4.27. The fourth-order valence-electron chi connectivity index (χ4n) is 2.49. The Labute approximate surface area is 121 Å². The van der Waals surface area contributed by atoms with E-state index in [1.165, 1.54) is 22.3 Å². The predicted molar refractivity (Wildman–Crippen MR) is 82.2 cm³/mol. The number of hydrogen-bond acceptors (Lipinski definition) is 3. The molecule has 0 aliphatic rings. The minimum Gasteiger partial charge on any atom is -0.481 e. The highest BCUT2D eigenvalue weighted by molar-refractivity contribution is 5.32. The summed E-state index contributed by atoms with van der Waals surface area (Å²) in [5.74, 6) is 0.654. The fourth-order valence-corrected chi connectivity index (χ4v) is 2.49. The van der Waals surface area contributed by atoms with Gasteiger partial charge in [0.15, 0.2) is 0 Å². The molecule has 2 rings (SSSR count). The van der Waals surface area contributed by atoms with Crippen LogP contribution in [0.25, 0.3) is 0 Å². The normalized spacial score (nSPS) is 12.2. The first-order valence-electron chi connectivity index (χ1n) is 6.86. The molecule has 1 aromatic heterocycles. The van der Waals surface area contributed by atoms with E-state index in [2.05, 4.69) is 48.4 Å². The zero-order chi connectivity index (χ0) is 14.5. The third kappa shape index (κ3) is 3.58. The third-order valence-corrected chi connectivity index (χ3v) is 3.44. The van der Waals surface area contributed by atoms with Gasteiger partial charge >= 0.3 is 0 Å². The molecular formula is C17H22N2O. The van der Waals surface area contributed by atoms with Crippen LogP contribution in [0.15, 0.2) is 36.5 Å². The monoisotopic (exact) mass is 270 g/mol. The van der Waals surface area contributed by atoms with Gasteiger partial charge in [0, 0.05) is 18.3 Å². The first-order valence-corrected chi connectivity index (χ1v) is 6.86. The zero-order valence-electron chi connectivity index (χ0n) is 12.6. The molecule has 0 saturated heterocycles. The number of hydrogen-bond donors (Lipinski definition) is 1. The summed E-state index contributed by atoms with van der Waals surface area (Å²) < 4.78 is 5.09. The molecule has 0 radical (unpaired) electrons. The molecule has 1 N–H and O–H groups in total. The van der Waals surface area contributed by atoms with Crippen LogP contribution in [0.1, 0.15) is 28.3 Å². The molecule has 0 bridgehead atoms. The van der Waals surface area contributed by atoms with E-state index >= 15 is 0 Å². The van der Waals surface area contributed by atoms with Gasteiger partial charge in [0.1, 0.15) is 0 Å². The van der Waals surface area contributed by atoms with Gasteiger partial charge in [0.25, 0.3) is 0 Å². The molecule has 0 aliphatic heterocycles. The molecule has 0 amide bonds. The highest BCUT2D eigenvalue weighted by atomic mass is 16.5. The lowest BCUT2D eigenvalue weighted by Crippen LogP contribution is -2.19. The van der Waals surface area contributed by atoms with Crippen LogP contribution in [0.3, 0.4) is 0 Å². The number of pyridine rings is 1. The highest BCUT2D eigenvalue weighted by Crippen LogP contribution is 2.21. The summed E-state index contributed by atoms with van der Waals surface area (Å²) in [5.41, 5.74) is 5.12. The predicted octanol–water partition coefficient (Wildman–Crippen LogP) is 3.21. The second-order valence-corrected chi connectivity index (χ2v) is 5.18. The Morgan fingerprint density at radius 1 is 1.15 bits per heavy atom. The Kier molecular flexibility index (Phi) is 4.74. The third-order valence-electron chi connectivity index (χ3n) is 3.44. The number of rotatable bonds is 5. The first-order chi connectivity index (χ1) is 9.62. The summed E-state index contributed by atoms with van der Waals surface area (Å²) in [4.78, 5) is 4.26. The van der Waals surface area contributed by atoms with Crippen molar-refractivity contribution in [1.29, 1.82) is 0 Å². The summed E-state index contributed by atoms with van der Waals surface area (Å²) in [7, 11) is 3.63. The zero-order valence-corrected chi connectivity index (χ0v) is 12.6. The van der Waals surface area contributed by atoms with Crippen molar-refractivity contribution in [1.82, 2.24) is 10.3 Å². The number of aromatic nitrogens is 1. The highest BCUT2D eigenvalue weighted by Gasteiger charge is 2.11. The molecule has 20 heavy (non-hydrogen) atoms. The smallest absolute Gasteiger partial charge is 0.212 e. The molecule has 1 atom stereocenters. The van der Waals surface area contributed by atoms with Gasteiger partial charge in [-0.2, -0.15) is 0 Å². The summed E-state index contributed by atoms with van der Waals surface area (Å²) in [6, 6.07) is 11.0. The SMILES string of the molecule is CNC(Cc1ccc(OC)nc1)c1cc(C)cc(C)c1. The molecule has 3 nitrogen and oxygen atoms in total. The average molecular weight is 270 g/mol. The van der Waals surface area contributed by atoms with E-state index in [0.717, 1.165) is 6.42 Å². The van der Waals surface area contributed by atoms with Crippen LogP contribution in [-0.2, 0) is 6.42 Å². The van der Waals surface area contributed by atoms with Gasteiger partial charge in [-0.05, 0) is 38.4 Å². The second kappa shape index (κ2) is 6.53. The van der Waals surface area contributed by atoms with Gasteiger partial charge in [0.2, 0.25) is 5.88 Å². The van der Waals surface area contributed by atoms with Crippen molar-refractivity contribution in [2.45, 2.75) is 26.3 Å². The van der Waals surface area contributed by atoms with Crippen LogP contribution in [0.5, 0.6) is 5.88 Å². The van der Waals surface area contributed by atoms with Crippen LogP contribution >= 0.6 is 0 Å². The van der Waals surface area contributed by atoms with Gasteiger partial charge in [-0.3, -0.25) is 0 Å². The number of nitrogens with zero attached hydrogens (tertiary/aromatic N) is 1. The number of likely N-dealkylation sites (N-methyl/N-ethyl adjacent to an activating group) is 1. The van der Waals surface area contributed by atoms with Crippen molar-refractivity contribution in [3.05, 3.63) is 58.8 Å². The van der Waals surface area contributed by atoms with Gasteiger partial charge < -0.3 is 10.1 Å². The molecule has 3 heteroatoms. The molecule has 0 aliphatic carbocycles. The van der Waals surface area contributed by atoms with Crippen molar-refractivity contribution in [2.75, 3.05) is 14.2 Å². The molecule has 2 aromatic rings. The minimum atomic E-state index is 0.295. The molecule has 0 saturated carbocycles. The van der Waals surface area contributed by atoms with E-state index in [1.54, 1.807) is 7.11 Å². The van der Waals surface area contributed by atoms with Crippen LogP contribution in [0, 0.1) is 13.8 Å². The number of benzene rings is 1. The first kappa shape index (κ1) is 14.5. The fraction of sp³-hybridized carbons (Fsp3) is 0.353. The molecule has 1 unspecified atom stereocenters. The lowest BCUT2D eigenvalue weighted by molar-refractivity contribution is 0.397. The molecule has 0 spiro atoms. The molecule has 0 fully saturated rings. The number of ether oxygens (including phenoxy) is 1. The Bertz CT molecular complexity index is 543. The Morgan fingerprint density at radius 3 is 2.35 bits per heavy atom. The van der Waals surface area contributed by atoms with E-state index in [1.807, 2.05) is 19.3 Å². The second-order valence-electron chi connectivity index (χ2n) is 5.18. The lowest BCUT2D eigenvalue weighted by atomic mass is 9.97. The van der Waals surface area contributed by atoms with Crippen LogP contribution in [0.4, 0.5) is 0 Å². The van der Waals surface area contributed by atoms with Crippen molar-refractivity contribution >= 4 is 0 Å². The molecule has 1 heterocycles. The van der Waals surface area contributed by atoms with Crippen molar-refractivity contribution < 1.29 is 4.74 Å². The summed E-state index contributed by atoms with van der Waals surface area (Å²) in [6.07, 6.45) is 2.79. The number of nitrogens with one attached hydrogen (secondary N) is 1. The van der Waals surface area contributed by atoms with Gasteiger partial charge in [-0.1, -0.05) is 35.4 Å². The maximum absolute atomic E-state index is 5.09. The van der Waals surface area contributed by atoms with Gasteiger partial charge in [-0.25, -0.2) is 4.98 Å². The van der Waals surface area contributed by atoms with Crippen molar-refractivity contribution in [2.24, 2.45) is 0 Å². The maximum atomic E-state index is 5.09. The van der Waals surface area contributed by atoms with E-state index in [4.69, 9.17) is 4.74 Å². The van der Waals surface area contributed by atoms with Gasteiger partial charge in [-0.15, -0.1) is 0 Å². The van der Waals surface area contributed by atoms with Crippen molar-refractivity contribution in [3.63, 3.8) is 0 Å². The van der Waals surface area contributed by atoms with Gasteiger partial charge in [0.05, 0.1) is 7.11 Å². The molecule has 1 aromatic carbocycles.